The molecule has 0 radical (unpaired) electrons. The van der Waals surface area contributed by atoms with Gasteiger partial charge in [-0.3, -0.25) is 0 Å². The summed E-state index contributed by atoms with van der Waals surface area (Å²) in [5.74, 6) is 0.789. The molecule has 0 aromatic heterocycles. The summed E-state index contributed by atoms with van der Waals surface area (Å²) in [7, 11) is 0. The number of hydrogen-bond donors (Lipinski definition) is 2. The SMILES string of the molecule is CCC(C)Oc1ccc(C=NNC(=O)Nc2ccccc2C)cc1Br. The number of halogens is 1. The van der Waals surface area contributed by atoms with Gasteiger partial charge in [-0.1, -0.05) is 25.1 Å². The average Bonchev–Trinajstić information content (AvgIpc) is 2.59. The molecule has 6 heteroatoms. The maximum absolute atomic E-state index is 11.9. The van der Waals surface area contributed by atoms with Gasteiger partial charge in [0, 0.05) is 5.69 Å². The van der Waals surface area contributed by atoms with Gasteiger partial charge in [0.25, 0.3) is 0 Å². The number of para-hydroxylation sites is 1. The molecule has 0 fully saturated rings. The molecule has 2 N–H and O–H groups in total. The van der Waals surface area contributed by atoms with E-state index in [0.29, 0.717) is 0 Å². The maximum atomic E-state index is 11.9. The van der Waals surface area contributed by atoms with E-state index in [1.807, 2.05) is 56.3 Å². The molecule has 132 valence electrons. The first-order chi connectivity index (χ1) is 12.0. The third-order valence-corrected chi connectivity index (χ3v) is 4.25. The summed E-state index contributed by atoms with van der Waals surface area (Å²) < 4.78 is 6.65. The highest BCUT2D eigenvalue weighted by molar-refractivity contribution is 9.10. The third kappa shape index (κ3) is 5.90. The van der Waals surface area contributed by atoms with Crippen LogP contribution in [0.4, 0.5) is 10.5 Å². The molecule has 0 aliphatic rings. The molecule has 2 aromatic rings. The molecule has 1 unspecified atom stereocenters. The Kier molecular flexibility index (Phi) is 7.01. The molecule has 0 saturated heterocycles. The lowest BCUT2D eigenvalue weighted by atomic mass is 10.2. The Labute approximate surface area is 156 Å². The molecular formula is C19H22BrN3O2. The van der Waals surface area contributed by atoms with Crippen molar-refractivity contribution >= 4 is 33.9 Å². The van der Waals surface area contributed by atoms with Crippen LogP contribution in [0.2, 0.25) is 0 Å². The highest BCUT2D eigenvalue weighted by Gasteiger charge is 2.06. The number of aryl methyl sites for hydroxylation is 1. The molecule has 25 heavy (non-hydrogen) atoms. The number of carbonyl (C=O) groups excluding carboxylic acids is 1. The first-order valence-electron chi connectivity index (χ1n) is 8.11. The summed E-state index contributed by atoms with van der Waals surface area (Å²) in [6.45, 7) is 6.03. The number of amides is 2. The first-order valence-corrected chi connectivity index (χ1v) is 8.90. The fourth-order valence-corrected chi connectivity index (χ4v) is 2.51. The van der Waals surface area contributed by atoms with Gasteiger partial charge < -0.3 is 10.1 Å². The normalized spacial score (nSPS) is 12.0. The van der Waals surface area contributed by atoms with Gasteiger partial charge in [-0.25, -0.2) is 10.2 Å². The molecule has 0 bridgehead atoms. The number of urea groups is 1. The zero-order chi connectivity index (χ0) is 18.2. The number of ether oxygens (including phenoxy) is 1. The van der Waals surface area contributed by atoms with Crippen LogP contribution < -0.4 is 15.5 Å². The van der Waals surface area contributed by atoms with Crippen LogP contribution in [0.3, 0.4) is 0 Å². The van der Waals surface area contributed by atoms with Gasteiger partial charge in [-0.15, -0.1) is 0 Å². The summed E-state index contributed by atoms with van der Waals surface area (Å²) in [6.07, 6.45) is 2.67. The third-order valence-electron chi connectivity index (χ3n) is 3.63. The zero-order valence-corrected chi connectivity index (χ0v) is 16.1. The van der Waals surface area contributed by atoms with Crippen LogP contribution in [-0.4, -0.2) is 18.3 Å². The summed E-state index contributed by atoms with van der Waals surface area (Å²) >= 11 is 3.49. The van der Waals surface area contributed by atoms with Crippen LogP contribution in [0.15, 0.2) is 52.0 Å². The minimum absolute atomic E-state index is 0.155. The summed E-state index contributed by atoms with van der Waals surface area (Å²) in [4.78, 5) is 11.9. The Morgan fingerprint density at radius 3 is 2.76 bits per heavy atom. The van der Waals surface area contributed by atoms with Crippen molar-refractivity contribution in [2.24, 2.45) is 5.10 Å². The maximum Gasteiger partial charge on any atom is 0.339 e. The minimum atomic E-state index is -0.388. The van der Waals surface area contributed by atoms with Gasteiger partial charge in [0.15, 0.2) is 0 Å². The van der Waals surface area contributed by atoms with Gasteiger partial charge in [0.2, 0.25) is 0 Å². The molecule has 2 rings (SSSR count). The monoisotopic (exact) mass is 403 g/mol. The standard InChI is InChI=1S/C19H22BrN3O2/c1-4-14(3)25-18-10-9-15(11-16(18)20)12-21-23-19(24)22-17-8-6-5-7-13(17)2/h5-12,14H,4H2,1-3H3,(H2,22,23,24). The van der Waals surface area contributed by atoms with E-state index in [1.54, 1.807) is 6.21 Å². The van der Waals surface area contributed by atoms with Gasteiger partial charge >= 0.3 is 6.03 Å². The van der Waals surface area contributed by atoms with Crippen molar-refractivity contribution in [3.8, 4) is 5.75 Å². The molecule has 1 atom stereocenters. The van der Waals surface area contributed by atoms with Gasteiger partial charge in [-0.2, -0.15) is 5.10 Å². The van der Waals surface area contributed by atoms with E-state index < -0.39 is 0 Å². The number of rotatable bonds is 6. The molecule has 0 heterocycles. The predicted molar refractivity (Wildman–Crippen MR) is 105 cm³/mol. The fraction of sp³-hybridized carbons (Fsp3) is 0.263. The largest absolute Gasteiger partial charge is 0.490 e. The molecule has 0 spiro atoms. The van der Waals surface area contributed by atoms with Crippen molar-refractivity contribution in [3.05, 3.63) is 58.1 Å². The summed E-state index contributed by atoms with van der Waals surface area (Å²) in [5, 5.41) is 6.72. The lowest BCUT2D eigenvalue weighted by Gasteiger charge is -2.14. The number of nitrogens with one attached hydrogen (secondary N) is 2. The Hall–Kier alpha value is -2.34. The van der Waals surface area contributed by atoms with E-state index in [1.165, 1.54) is 0 Å². The van der Waals surface area contributed by atoms with E-state index in [2.05, 4.69) is 38.7 Å². The second-order valence-electron chi connectivity index (χ2n) is 5.67. The lowest BCUT2D eigenvalue weighted by molar-refractivity contribution is 0.216. The van der Waals surface area contributed by atoms with Crippen LogP contribution in [0.25, 0.3) is 0 Å². The number of benzene rings is 2. The number of anilines is 1. The Morgan fingerprint density at radius 1 is 1.32 bits per heavy atom. The first kappa shape index (κ1) is 19.0. The lowest BCUT2D eigenvalue weighted by Crippen LogP contribution is -2.24. The number of hydrazone groups is 1. The smallest absolute Gasteiger partial charge is 0.339 e. The molecule has 5 nitrogen and oxygen atoms in total. The van der Waals surface area contributed by atoms with Crippen molar-refractivity contribution in [2.75, 3.05) is 5.32 Å². The van der Waals surface area contributed by atoms with Crippen molar-refractivity contribution in [1.29, 1.82) is 0 Å². The Bertz CT molecular complexity index is 762. The van der Waals surface area contributed by atoms with Gasteiger partial charge in [0.1, 0.15) is 5.75 Å². The van der Waals surface area contributed by atoms with E-state index in [0.717, 1.165) is 33.5 Å². The second kappa shape index (κ2) is 9.22. The van der Waals surface area contributed by atoms with E-state index >= 15 is 0 Å². The summed E-state index contributed by atoms with van der Waals surface area (Å²) in [6, 6.07) is 12.8. The zero-order valence-electron chi connectivity index (χ0n) is 14.5. The quantitative estimate of drug-likeness (QED) is 0.520. The van der Waals surface area contributed by atoms with Gasteiger partial charge in [0.05, 0.1) is 16.8 Å². The second-order valence-corrected chi connectivity index (χ2v) is 6.52. The van der Waals surface area contributed by atoms with Crippen LogP contribution >= 0.6 is 15.9 Å². The number of hydrogen-bond acceptors (Lipinski definition) is 3. The highest BCUT2D eigenvalue weighted by atomic mass is 79.9. The average molecular weight is 404 g/mol. The van der Waals surface area contributed by atoms with Crippen LogP contribution in [0.1, 0.15) is 31.4 Å². The fourth-order valence-electron chi connectivity index (χ4n) is 2.02. The predicted octanol–water partition coefficient (Wildman–Crippen LogP) is 5.09. The topological polar surface area (TPSA) is 62.7 Å². The Balaban J connectivity index is 1.92. The highest BCUT2D eigenvalue weighted by Crippen LogP contribution is 2.26. The minimum Gasteiger partial charge on any atom is -0.490 e. The van der Waals surface area contributed by atoms with Crippen LogP contribution in [0, 0.1) is 6.92 Å². The van der Waals surface area contributed by atoms with E-state index in [9.17, 15) is 4.79 Å². The molecule has 2 aromatic carbocycles. The van der Waals surface area contributed by atoms with Crippen molar-refractivity contribution in [2.45, 2.75) is 33.3 Å². The van der Waals surface area contributed by atoms with Crippen molar-refractivity contribution in [1.82, 2.24) is 5.43 Å². The number of nitrogens with zero attached hydrogens (tertiary/aromatic N) is 1. The Morgan fingerprint density at radius 2 is 2.08 bits per heavy atom. The van der Waals surface area contributed by atoms with E-state index in [-0.39, 0.29) is 12.1 Å². The van der Waals surface area contributed by atoms with Crippen LogP contribution in [0.5, 0.6) is 5.75 Å². The molecule has 0 saturated carbocycles. The molecule has 0 aliphatic carbocycles. The molecular weight excluding hydrogens is 382 g/mol. The van der Waals surface area contributed by atoms with Gasteiger partial charge in [-0.05, 0) is 71.6 Å². The van der Waals surface area contributed by atoms with E-state index in [4.69, 9.17) is 4.74 Å². The molecule has 0 aliphatic heterocycles. The van der Waals surface area contributed by atoms with Crippen molar-refractivity contribution < 1.29 is 9.53 Å². The molecule has 2 amide bonds. The summed E-state index contributed by atoms with van der Waals surface area (Å²) in [5.41, 5.74) is 5.04. The van der Waals surface area contributed by atoms with Crippen molar-refractivity contribution in [3.63, 3.8) is 0 Å². The number of carbonyl (C=O) groups is 1. The van der Waals surface area contributed by atoms with Crippen LogP contribution in [-0.2, 0) is 0 Å².